The molecule has 1 atom stereocenters. The van der Waals surface area contributed by atoms with Crippen molar-refractivity contribution in [2.45, 2.75) is 37.1 Å². The number of rotatable bonds is 4. The highest BCUT2D eigenvalue weighted by molar-refractivity contribution is 5.87. The third kappa shape index (κ3) is 2.50. The molecule has 4 nitrogen and oxygen atoms in total. The van der Waals surface area contributed by atoms with Crippen LogP contribution >= 0.6 is 0 Å². The van der Waals surface area contributed by atoms with Crippen LogP contribution < -0.4 is 10.2 Å². The monoisotopic (exact) mass is 299 g/mol. The Hall–Kier alpha value is -1.55. The van der Waals surface area contributed by atoms with Crippen LogP contribution in [-0.2, 0) is 4.79 Å². The number of hydrogen-bond acceptors (Lipinski definition) is 3. The Morgan fingerprint density at radius 2 is 2.05 bits per heavy atom. The van der Waals surface area contributed by atoms with Crippen LogP contribution in [0.2, 0.25) is 0 Å². The molecule has 0 radical (unpaired) electrons. The molecular weight excluding hydrogens is 274 g/mol. The number of hydrogen-bond donors (Lipinski definition) is 1. The van der Waals surface area contributed by atoms with E-state index in [9.17, 15) is 4.79 Å². The van der Waals surface area contributed by atoms with Crippen molar-refractivity contribution in [2.24, 2.45) is 0 Å². The molecule has 1 N–H and O–H groups in total. The van der Waals surface area contributed by atoms with Gasteiger partial charge in [-0.15, -0.1) is 0 Å². The van der Waals surface area contributed by atoms with Crippen LogP contribution in [0.5, 0.6) is 0 Å². The first-order valence-electron chi connectivity index (χ1n) is 8.51. The molecule has 1 aliphatic carbocycles. The molecule has 1 amide bonds. The van der Waals surface area contributed by atoms with E-state index in [-0.39, 0.29) is 17.4 Å². The maximum atomic E-state index is 12.9. The van der Waals surface area contributed by atoms with E-state index in [1.165, 1.54) is 30.8 Å². The Kier molecular flexibility index (Phi) is 3.37. The summed E-state index contributed by atoms with van der Waals surface area (Å²) >= 11 is 0. The Balaban J connectivity index is 1.48. The molecule has 1 saturated heterocycles. The molecule has 1 aromatic carbocycles. The van der Waals surface area contributed by atoms with Crippen LogP contribution in [0, 0.1) is 0 Å². The average molecular weight is 299 g/mol. The highest BCUT2D eigenvalue weighted by Gasteiger charge is 2.47. The normalized spacial score (nSPS) is 26.0. The van der Waals surface area contributed by atoms with Gasteiger partial charge in [-0.1, -0.05) is 18.2 Å². The summed E-state index contributed by atoms with van der Waals surface area (Å²) < 4.78 is 0. The molecule has 4 heteroatoms. The zero-order valence-corrected chi connectivity index (χ0v) is 13.3. The van der Waals surface area contributed by atoms with Gasteiger partial charge in [-0.05, 0) is 50.4 Å². The Morgan fingerprint density at radius 3 is 2.73 bits per heavy atom. The zero-order chi connectivity index (χ0) is 15.2. The lowest BCUT2D eigenvalue weighted by Crippen LogP contribution is -2.51. The second-order valence-electron chi connectivity index (χ2n) is 7.22. The topological polar surface area (TPSA) is 35.6 Å². The number of carbonyl (C=O) groups is 1. The fourth-order valence-corrected chi connectivity index (χ4v) is 3.79. The van der Waals surface area contributed by atoms with Gasteiger partial charge in [0.15, 0.2) is 0 Å². The number of para-hydroxylation sites is 1. The molecule has 1 unspecified atom stereocenters. The largest absolute Gasteiger partial charge is 0.374 e. The van der Waals surface area contributed by atoms with Crippen molar-refractivity contribution in [3.63, 3.8) is 0 Å². The number of likely N-dealkylation sites (tertiary alicyclic amines) is 1. The lowest BCUT2D eigenvalue weighted by Gasteiger charge is -2.36. The first-order valence-corrected chi connectivity index (χ1v) is 8.51. The van der Waals surface area contributed by atoms with Gasteiger partial charge in [0, 0.05) is 25.8 Å². The van der Waals surface area contributed by atoms with Crippen molar-refractivity contribution in [2.75, 3.05) is 38.1 Å². The predicted octanol–water partition coefficient (Wildman–Crippen LogP) is 1.96. The van der Waals surface area contributed by atoms with Gasteiger partial charge in [0.1, 0.15) is 0 Å². The number of nitrogens with one attached hydrogen (secondary N) is 1. The molecule has 118 valence electrons. The van der Waals surface area contributed by atoms with Gasteiger partial charge in [-0.25, -0.2) is 0 Å². The van der Waals surface area contributed by atoms with Crippen LogP contribution in [0.4, 0.5) is 5.69 Å². The fraction of sp³-hybridized carbons (Fsp3) is 0.611. The van der Waals surface area contributed by atoms with E-state index in [0.717, 1.165) is 32.4 Å². The highest BCUT2D eigenvalue weighted by Crippen LogP contribution is 2.40. The molecule has 0 bridgehead atoms. The summed E-state index contributed by atoms with van der Waals surface area (Å²) in [5.74, 6) is 0.250. The van der Waals surface area contributed by atoms with Gasteiger partial charge in [0.05, 0.1) is 11.5 Å². The predicted molar refractivity (Wildman–Crippen MR) is 88.2 cm³/mol. The molecule has 3 aliphatic rings. The average Bonchev–Trinajstić information content (AvgIpc) is 3.23. The van der Waals surface area contributed by atoms with E-state index in [4.69, 9.17) is 0 Å². The Labute approximate surface area is 132 Å². The molecular formula is C18H25N3O. The number of nitrogens with zero attached hydrogens (tertiary/aromatic N) is 2. The van der Waals surface area contributed by atoms with E-state index in [2.05, 4.69) is 40.4 Å². The maximum absolute atomic E-state index is 12.9. The zero-order valence-electron chi connectivity index (χ0n) is 13.3. The summed E-state index contributed by atoms with van der Waals surface area (Å²) in [5, 5.41) is 3.39. The second-order valence-corrected chi connectivity index (χ2v) is 7.22. The minimum absolute atomic E-state index is 0.0151. The van der Waals surface area contributed by atoms with Gasteiger partial charge >= 0.3 is 0 Å². The fourth-order valence-electron chi connectivity index (χ4n) is 3.79. The van der Waals surface area contributed by atoms with E-state index in [1.54, 1.807) is 0 Å². The van der Waals surface area contributed by atoms with E-state index < -0.39 is 0 Å². The third-order valence-corrected chi connectivity index (χ3v) is 5.51. The molecule has 4 rings (SSSR count). The lowest BCUT2D eigenvalue weighted by atomic mass is 9.89. The molecule has 0 spiro atoms. The van der Waals surface area contributed by atoms with Gasteiger partial charge < -0.3 is 15.1 Å². The van der Waals surface area contributed by atoms with Crippen molar-refractivity contribution in [3.8, 4) is 0 Å². The summed E-state index contributed by atoms with van der Waals surface area (Å²) in [7, 11) is 2.11. The van der Waals surface area contributed by atoms with Gasteiger partial charge in [0.25, 0.3) is 0 Å². The molecule has 1 aromatic rings. The quantitative estimate of drug-likeness (QED) is 0.923. The Morgan fingerprint density at radius 1 is 1.27 bits per heavy atom. The molecule has 2 fully saturated rings. The molecule has 22 heavy (non-hydrogen) atoms. The molecule has 2 heterocycles. The van der Waals surface area contributed by atoms with Crippen molar-refractivity contribution < 1.29 is 4.79 Å². The number of anilines is 1. The number of amides is 1. The lowest BCUT2D eigenvalue weighted by molar-refractivity contribution is -0.124. The van der Waals surface area contributed by atoms with Crippen molar-refractivity contribution in [1.82, 2.24) is 10.2 Å². The summed E-state index contributed by atoms with van der Waals surface area (Å²) in [5.41, 5.74) is 2.48. The van der Waals surface area contributed by atoms with Crippen LogP contribution in [0.15, 0.2) is 24.3 Å². The minimum Gasteiger partial charge on any atom is -0.374 e. The summed E-state index contributed by atoms with van der Waals surface area (Å²) in [6.45, 7) is 4.41. The number of benzene rings is 1. The van der Waals surface area contributed by atoms with Crippen molar-refractivity contribution in [1.29, 1.82) is 0 Å². The molecule has 1 saturated carbocycles. The van der Waals surface area contributed by atoms with Gasteiger partial charge in [-0.3, -0.25) is 4.79 Å². The van der Waals surface area contributed by atoms with Crippen molar-refractivity contribution in [3.05, 3.63) is 29.8 Å². The summed E-state index contributed by atoms with van der Waals surface area (Å²) in [6.07, 6.45) is 4.51. The number of fused-ring (bicyclic) bond motifs is 1. The van der Waals surface area contributed by atoms with E-state index in [1.807, 2.05) is 6.07 Å². The van der Waals surface area contributed by atoms with Crippen LogP contribution in [-0.4, -0.2) is 49.6 Å². The second kappa shape index (κ2) is 5.27. The minimum atomic E-state index is 0.0151. The first-order chi connectivity index (χ1) is 10.7. The van der Waals surface area contributed by atoms with Crippen LogP contribution in [0.1, 0.15) is 37.2 Å². The van der Waals surface area contributed by atoms with Gasteiger partial charge in [0.2, 0.25) is 5.91 Å². The standard InChI is InChI=1S/C18H25N3O/c1-20-12-7-15(14-5-2-3-6-16(14)20)17(22)19-18(8-9-18)13-21-10-4-11-21/h2-3,5-6,15H,4,7-13H2,1H3,(H,19,22). The van der Waals surface area contributed by atoms with E-state index in [0.29, 0.717) is 0 Å². The highest BCUT2D eigenvalue weighted by atomic mass is 16.2. The van der Waals surface area contributed by atoms with Crippen LogP contribution in [0.3, 0.4) is 0 Å². The number of carbonyl (C=O) groups excluding carboxylic acids is 1. The maximum Gasteiger partial charge on any atom is 0.228 e. The SMILES string of the molecule is CN1CCC(C(=O)NC2(CN3CCC3)CC2)c2ccccc21. The van der Waals surface area contributed by atoms with Crippen molar-refractivity contribution >= 4 is 11.6 Å². The van der Waals surface area contributed by atoms with Gasteiger partial charge in [-0.2, -0.15) is 0 Å². The van der Waals surface area contributed by atoms with Crippen LogP contribution in [0.25, 0.3) is 0 Å². The summed E-state index contributed by atoms with van der Waals surface area (Å²) in [6, 6.07) is 8.35. The molecule has 2 aliphatic heterocycles. The first kappa shape index (κ1) is 14.1. The Bertz CT molecular complexity index is 577. The van der Waals surface area contributed by atoms with E-state index >= 15 is 0 Å². The molecule has 0 aromatic heterocycles. The third-order valence-electron chi connectivity index (χ3n) is 5.51. The smallest absolute Gasteiger partial charge is 0.228 e. The summed E-state index contributed by atoms with van der Waals surface area (Å²) in [4.78, 5) is 17.6.